The van der Waals surface area contributed by atoms with Crippen molar-refractivity contribution in [1.82, 2.24) is 19.6 Å². The molecular weight excluding hydrogens is 346 g/mol. The molecule has 2 fully saturated rings. The number of hydrogen-bond acceptors (Lipinski definition) is 4. The predicted molar refractivity (Wildman–Crippen MR) is 103 cm³/mol. The predicted octanol–water partition coefficient (Wildman–Crippen LogP) is 4.11. The molecule has 0 radical (unpaired) electrons. The largest absolute Gasteiger partial charge is 0.355 e. The second-order valence-corrected chi connectivity index (χ2v) is 7.89. The summed E-state index contributed by atoms with van der Waals surface area (Å²) in [5.41, 5.74) is 2.17. The van der Waals surface area contributed by atoms with E-state index in [2.05, 4.69) is 50.4 Å². The summed E-state index contributed by atoms with van der Waals surface area (Å²) in [5, 5.41) is 9.30. The third-order valence-corrected chi connectivity index (χ3v) is 6.03. The molecule has 0 bridgehead atoms. The number of piperidine rings is 1. The van der Waals surface area contributed by atoms with Gasteiger partial charge in [0, 0.05) is 19.5 Å². The third kappa shape index (κ3) is 2.94. The van der Waals surface area contributed by atoms with Crippen LogP contribution in [0.5, 0.6) is 0 Å². The molecule has 3 aromatic rings. The van der Waals surface area contributed by atoms with Gasteiger partial charge in [0.15, 0.2) is 11.5 Å². The second-order valence-electron chi connectivity index (χ2n) is 7.51. The Hall–Kier alpha value is -2.14. The van der Waals surface area contributed by atoms with Crippen LogP contribution in [0.3, 0.4) is 0 Å². The SMILES string of the molecule is Clc1c(N2CCC(c3ccccc3)CC2)ncn2c(CC3CC3)nnc12. The van der Waals surface area contributed by atoms with Gasteiger partial charge in [-0.15, -0.1) is 10.2 Å². The summed E-state index contributed by atoms with van der Waals surface area (Å²) < 4.78 is 1.96. The number of halogens is 1. The first-order valence-electron chi connectivity index (χ1n) is 9.47. The minimum absolute atomic E-state index is 0.619. The summed E-state index contributed by atoms with van der Waals surface area (Å²) in [6, 6.07) is 10.8. The van der Waals surface area contributed by atoms with Crippen molar-refractivity contribution in [1.29, 1.82) is 0 Å². The van der Waals surface area contributed by atoms with E-state index in [-0.39, 0.29) is 0 Å². The molecule has 0 atom stereocenters. The van der Waals surface area contributed by atoms with Gasteiger partial charge in [0.25, 0.3) is 0 Å². The maximum Gasteiger partial charge on any atom is 0.184 e. The minimum Gasteiger partial charge on any atom is -0.355 e. The fourth-order valence-electron chi connectivity index (χ4n) is 3.95. The van der Waals surface area contributed by atoms with Crippen LogP contribution in [0.15, 0.2) is 36.7 Å². The molecule has 6 heteroatoms. The van der Waals surface area contributed by atoms with E-state index in [1.54, 1.807) is 0 Å². The lowest BCUT2D eigenvalue weighted by molar-refractivity contribution is 0.502. The van der Waals surface area contributed by atoms with Gasteiger partial charge in [-0.1, -0.05) is 41.9 Å². The van der Waals surface area contributed by atoms with Crippen molar-refractivity contribution in [2.24, 2.45) is 5.92 Å². The molecule has 2 aromatic heterocycles. The maximum absolute atomic E-state index is 6.67. The molecule has 1 aliphatic heterocycles. The van der Waals surface area contributed by atoms with Crippen LogP contribution in [0.25, 0.3) is 5.65 Å². The van der Waals surface area contributed by atoms with E-state index in [9.17, 15) is 0 Å². The fraction of sp³-hybridized carbons (Fsp3) is 0.450. The Morgan fingerprint density at radius 1 is 1.00 bits per heavy atom. The van der Waals surface area contributed by atoms with Crippen molar-refractivity contribution >= 4 is 23.1 Å². The fourth-order valence-corrected chi connectivity index (χ4v) is 4.25. The van der Waals surface area contributed by atoms with E-state index in [4.69, 9.17) is 11.6 Å². The average Bonchev–Trinajstić information content (AvgIpc) is 3.42. The quantitative estimate of drug-likeness (QED) is 0.696. The highest BCUT2D eigenvalue weighted by Gasteiger charge is 2.27. The van der Waals surface area contributed by atoms with Crippen LogP contribution < -0.4 is 4.90 Å². The van der Waals surface area contributed by atoms with E-state index >= 15 is 0 Å². The van der Waals surface area contributed by atoms with Crippen molar-refractivity contribution in [2.75, 3.05) is 18.0 Å². The Labute approximate surface area is 158 Å². The first-order valence-corrected chi connectivity index (χ1v) is 9.85. The first-order chi connectivity index (χ1) is 12.8. The molecule has 1 aromatic carbocycles. The molecule has 3 heterocycles. The summed E-state index contributed by atoms with van der Waals surface area (Å²) in [6.45, 7) is 1.93. The van der Waals surface area contributed by atoms with Crippen LogP contribution in [0.1, 0.15) is 43.0 Å². The molecule has 134 valence electrons. The Kier molecular flexibility index (Phi) is 4.04. The smallest absolute Gasteiger partial charge is 0.184 e. The molecule has 2 aliphatic rings. The zero-order valence-corrected chi connectivity index (χ0v) is 15.4. The van der Waals surface area contributed by atoms with Gasteiger partial charge < -0.3 is 4.90 Å². The number of fused-ring (bicyclic) bond motifs is 1. The van der Waals surface area contributed by atoms with Crippen molar-refractivity contribution in [2.45, 2.75) is 38.0 Å². The topological polar surface area (TPSA) is 46.3 Å². The van der Waals surface area contributed by atoms with Gasteiger partial charge in [-0.25, -0.2) is 4.98 Å². The van der Waals surface area contributed by atoms with E-state index in [0.29, 0.717) is 10.9 Å². The Morgan fingerprint density at radius 3 is 2.50 bits per heavy atom. The average molecular weight is 368 g/mol. The monoisotopic (exact) mass is 367 g/mol. The lowest BCUT2D eigenvalue weighted by atomic mass is 9.89. The number of anilines is 1. The van der Waals surface area contributed by atoms with Crippen molar-refractivity contribution in [3.63, 3.8) is 0 Å². The minimum atomic E-state index is 0.619. The summed E-state index contributed by atoms with van der Waals surface area (Å²) in [4.78, 5) is 6.95. The Bertz CT molecular complexity index is 911. The van der Waals surface area contributed by atoms with Crippen molar-refractivity contribution < 1.29 is 0 Å². The van der Waals surface area contributed by atoms with E-state index in [0.717, 1.165) is 55.6 Å². The van der Waals surface area contributed by atoms with Crippen LogP contribution in [-0.2, 0) is 6.42 Å². The van der Waals surface area contributed by atoms with E-state index in [1.807, 2.05) is 10.7 Å². The number of benzene rings is 1. The van der Waals surface area contributed by atoms with Gasteiger partial charge in [-0.05, 0) is 43.1 Å². The summed E-state index contributed by atoms with van der Waals surface area (Å²) in [6.07, 6.45) is 7.65. The summed E-state index contributed by atoms with van der Waals surface area (Å²) in [7, 11) is 0. The highest BCUT2D eigenvalue weighted by molar-refractivity contribution is 6.35. The molecule has 0 N–H and O–H groups in total. The molecule has 5 rings (SSSR count). The van der Waals surface area contributed by atoms with Crippen LogP contribution in [0.2, 0.25) is 5.02 Å². The van der Waals surface area contributed by atoms with Gasteiger partial charge in [-0.3, -0.25) is 4.40 Å². The lowest BCUT2D eigenvalue weighted by Gasteiger charge is -2.33. The van der Waals surface area contributed by atoms with Crippen LogP contribution in [0.4, 0.5) is 5.82 Å². The molecule has 0 unspecified atom stereocenters. The first kappa shape index (κ1) is 16.1. The molecule has 1 saturated heterocycles. The maximum atomic E-state index is 6.67. The van der Waals surface area contributed by atoms with Crippen LogP contribution in [-0.4, -0.2) is 32.7 Å². The normalized spacial score (nSPS) is 18.6. The number of aromatic nitrogens is 4. The van der Waals surface area contributed by atoms with Gasteiger partial charge in [0.2, 0.25) is 0 Å². The third-order valence-electron chi connectivity index (χ3n) is 5.69. The van der Waals surface area contributed by atoms with Crippen LogP contribution >= 0.6 is 11.6 Å². The summed E-state index contributed by atoms with van der Waals surface area (Å²) >= 11 is 6.67. The molecule has 1 aliphatic carbocycles. The highest BCUT2D eigenvalue weighted by Crippen LogP contribution is 2.35. The molecule has 1 saturated carbocycles. The summed E-state index contributed by atoms with van der Waals surface area (Å²) in [5.74, 6) is 3.20. The number of rotatable bonds is 4. The van der Waals surface area contributed by atoms with Crippen LogP contribution in [0, 0.1) is 5.92 Å². The standard InChI is InChI=1S/C20H22ClN5/c21-18-19(22-13-26-17(12-14-6-7-14)23-24-20(18)26)25-10-8-16(9-11-25)15-4-2-1-3-5-15/h1-5,13-14,16H,6-12H2. The molecule has 5 nitrogen and oxygen atoms in total. The Balaban J connectivity index is 1.35. The van der Waals surface area contributed by atoms with E-state index < -0.39 is 0 Å². The van der Waals surface area contributed by atoms with Gasteiger partial charge in [0.05, 0.1) is 0 Å². The highest BCUT2D eigenvalue weighted by atomic mass is 35.5. The Morgan fingerprint density at radius 2 is 1.77 bits per heavy atom. The molecular formula is C20H22ClN5. The zero-order chi connectivity index (χ0) is 17.5. The zero-order valence-electron chi connectivity index (χ0n) is 14.7. The van der Waals surface area contributed by atoms with Crippen molar-refractivity contribution in [3.05, 3.63) is 53.1 Å². The number of hydrogen-bond donors (Lipinski definition) is 0. The van der Waals surface area contributed by atoms with Gasteiger partial charge in [0.1, 0.15) is 17.2 Å². The van der Waals surface area contributed by atoms with Gasteiger partial charge in [-0.2, -0.15) is 0 Å². The number of nitrogens with zero attached hydrogens (tertiary/aromatic N) is 5. The van der Waals surface area contributed by atoms with Crippen molar-refractivity contribution in [3.8, 4) is 0 Å². The molecule has 0 amide bonds. The molecule has 0 spiro atoms. The molecule has 26 heavy (non-hydrogen) atoms. The van der Waals surface area contributed by atoms with Gasteiger partial charge >= 0.3 is 0 Å². The van der Waals surface area contributed by atoms with E-state index in [1.165, 1.54) is 18.4 Å². The lowest BCUT2D eigenvalue weighted by Crippen LogP contribution is -2.33. The second kappa shape index (κ2) is 6.54.